The molecule has 0 spiro atoms. The van der Waals surface area contributed by atoms with Gasteiger partial charge in [-0.05, 0) is 43.3 Å². The fraction of sp³-hybridized carbons (Fsp3) is 0.316. The van der Waals surface area contributed by atoms with Crippen LogP contribution in [0, 0.1) is 0 Å². The Morgan fingerprint density at radius 1 is 1.11 bits per heavy atom. The van der Waals surface area contributed by atoms with Gasteiger partial charge in [0, 0.05) is 43.1 Å². The molecule has 0 unspecified atom stereocenters. The second-order valence-corrected chi connectivity index (χ2v) is 6.47. The SMILES string of the molecule is CCOC(=O)c1ccc(N2CCN(C(=O)Nc3ccc(Cl)cc3)CC2)nc1. The molecule has 1 aromatic heterocycles. The molecule has 0 radical (unpaired) electrons. The molecule has 1 aliphatic heterocycles. The first-order valence-corrected chi connectivity index (χ1v) is 9.14. The van der Waals surface area contributed by atoms with Gasteiger partial charge in [0.2, 0.25) is 0 Å². The molecule has 1 saturated heterocycles. The van der Waals surface area contributed by atoms with Gasteiger partial charge >= 0.3 is 12.0 Å². The molecule has 7 nitrogen and oxygen atoms in total. The number of amides is 2. The maximum Gasteiger partial charge on any atom is 0.339 e. The highest BCUT2D eigenvalue weighted by Crippen LogP contribution is 2.17. The molecule has 0 bridgehead atoms. The highest BCUT2D eigenvalue weighted by atomic mass is 35.5. The van der Waals surface area contributed by atoms with Crippen molar-refractivity contribution in [3.63, 3.8) is 0 Å². The number of aromatic nitrogens is 1. The summed E-state index contributed by atoms with van der Waals surface area (Å²) in [6.45, 7) is 4.60. The van der Waals surface area contributed by atoms with Crippen LogP contribution in [0.2, 0.25) is 5.02 Å². The zero-order valence-electron chi connectivity index (χ0n) is 15.0. The van der Waals surface area contributed by atoms with Crippen LogP contribution in [0.15, 0.2) is 42.6 Å². The van der Waals surface area contributed by atoms with E-state index in [9.17, 15) is 9.59 Å². The summed E-state index contributed by atoms with van der Waals surface area (Å²) in [7, 11) is 0. The van der Waals surface area contributed by atoms with Crippen LogP contribution in [0.3, 0.4) is 0 Å². The number of hydrogen-bond acceptors (Lipinski definition) is 5. The number of hydrogen-bond donors (Lipinski definition) is 1. The molecule has 1 fully saturated rings. The van der Waals surface area contributed by atoms with Crippen LogP contribution in [-0.4, -0.2) is 54.7 Å². The Balaban J connectivity index is 1.53. The van der Waals surface area contributed by atoms with E-state index in [1.165, 1.54) is 6.20 Å². The molecule has 0 saturated carbocycles. The van der Waals surface area contributed by atoms with Gasteiger partial charge in [0.1, 0.15) is 5.82 Å². The van der Waals surface area contributed by atoms with Crippen molar-refractivity contribution in [3.8, 4) is 0 Å². The number of halogens is 1. The summed E-state index contributed by atoms with van der Waals surface area (Å²) >= 11 is 5.85. The van der Waals surface area contributed by atoms with E-state index in [4.69, 9.17) is 16.3 Å². The molecule has 142 valence electrons. The van der Waals surface area contributed by atoms with Crippen molar-refractivity contribution in [2.45, 2.75) is 6.92 Å². The van der Waals surface area contributed by atoms with Crippen LogP contribution >= 0.6 is 11.6 Å². The van der Waals surface area contributed by atoms with Crippen LogP contribution in [0.1, 0.15) is 17.3 Å². The fourth-order valence-electron chi connectivity index (χ4n) is 2.78. The highest BCUT2D eigenvalue weighted by Gasteiger charge is 2.22. The Labute approximate surface area is 162 Å². The van der Waals surface area contributed by atoms with Crippen LogP contribution in [0.5, 0.6) is 0 Å². The first kappa shape index (κ1) is 19.0. The number of benzene rings is 1. The summed E-state index contributed by atoms with van der Waals surface area (Å²) in [5.41, 5.74) is 1.14. The number of carbonyl (C=O) groups is 2. The number of nitrogens with one attached hydrogen (secondary N) is 1. The number of piperazine rings is 1. The number of pyridine rings is 1. The van der Waals surface area contributed by atoms with Gasteiger partial charge in [-0.3, -0.25) is 0 Å². The predicted molar refractivity (Wildman–Crippen MR) is 104 cm³/mol. The van der Waals surface area contributed by atoms with E-state index in [0.29, 0.717) is 49.1 Å². The number of esters is 1. The van der Waals surface area contributed by atoms with E-state index in [1.54, 1.807) is 48.2 Å². The third-order valence-corrected chi connectivity index (χ3v) is 4.50. The topological polar surface area (TPSA) is 74.8 Å². The van der Waals surface area contributed by atoms with Crippen molar-refractivity contribution in [3.05, 3.63) is 53.2 Å². The van der Waals surface area contributed by atoms with Crippen LogP contribution in [-0.2, 0) is 4.74 Å². The van der Waals surface area contributed by atoms with Crippen molar-refractivity contribution < 1.29 is 14.3 Å². The molecule has 2 aromatic rings. The molecule has 8 heteroatoms. The molecule has 1 N–H and O–H groups in total. The van der Waals surface area contributed by atoms with Crippen molar-refractivity contribution in [1.29, 1.82) is 0 Å². The minimum absolute atomic E-state index is 0.136. The number of rotatable bonds is 4. The average molecular weight is 389 g/mol. The van der Waals surface area contributed by atoms with E-state index in [-0.39, 0.29) is 12.0 Å². The zero-order chi connectivity index (χ0) is 19.2. The summed E-state index contributed by atoms with van der Waals surface area (Å²) in [4.78, 5) is 32.2. The van der Waals surface area contributed by atoms with Crippen molar-refractivity contribution in [1.82, 2.24) is 9.88 Å². The van der Waals surface area contributed by atoms with Crippen LogP contribution in [0.25, 0.3) is 0 Å². The van der Waals surface area contributed by atoms with E-state index in [1.807, 2.05) is 0 Å². The van der Waals surface area contributed by atoms with Crippen molar-refractivity contribution in [2.75, 3.05) is 43.0 Å². The van der Waals surface area contributed by atoms with Crippen LogP contribution < -0.4 is 10.2 Å². The molecule has 2 amide bonds. The van der Waals surface area contributed by atoms with Gasteiger partial charge in [0.05, 0.1) is 12.2 Å². The second-order valence-electron chi connectivity index (χ2n) is 6.04. The van der Waals surface area contributed by atoms with Gasteiger partial charge in [-0.2, -0.15) is 0 Å². The number of carbonyl (C=O) groups excluding carboxylic acids is 2. The molecule has 1 aromatic carbocycles. The molecular weight excluding hydrogens is 368 g/mol. The van der Waals surface area contributed by atoms with Gasteiger partial charge in [-0.15, -0.1) is 0 Å². The van der Waals surface area contributed by atoms with Crippen molar-refractivity contribution in [2.24, 2.45) is 0 Å². The number of urea groups is 1. The first-order valence-electron chi connectivity index (χ1n) is 8.76. The molecular formula is C19H21ClN4O3. The average Bonchev–Trinajstić information content (AvgIpc) is 2.70. The monoisotopic (exact) mass is 388 g/mol. The predicted octanol–water partition coefficient (Wildman–Crippen LogP) is 3.27. The zero-order valence-corrected chi connectivity index (χ0v) is 15.8. The Morgan fingerprint density at radius 3 is 2.41 bits per heavy atom. The Hall–Kier alpha value is -2.80. The quantitative estimate of drug-likeness (QED) is 0.813. The molecule has 2 heterocycles. The molecule has 3 rings (SSSR count). The summed E-state index contributed by atoms with van der Waals surface area (Å²) in [6, 6.07) is 10.4. The smallest absolute Gasteiger partial charge is 0.339 e. The van der Waals surface area contributed by atoms with E-state index < -0.39 is 0 Å². The summed E-state index contributed by atoms with van der Waals surface area (Å²) < 4.78 is 4.96. The normalized spacial score (nSPS) is 14.0. The lowest BCUT2D eigenvalue weighted by molar-refractivity contribution is 0.0526. The second kappa shape index (κ2) is 8.73. The minimum Gasteiger partial charge on any atom is -0.462 e. The fourth-order valence-corrected chi connectivity index (χ4v) is 2.91. The van der Waals surface area contributed by atoms with Gasteiger partial charge in [-0.25, -0.2) is 14.6 Å². The molecule has 0 atom stereocenters. The maximum absolute atomic E-state index is 12.4. The lowest BCUT2D eigenvalue weighted by Crippen LogP contribution is -2.50. The third-order valence-electron chi connectivity index (χ3n) is 4.25. The lowest BCUT2D eigenvalue weighted by atomic mass is 10.2. The number of anilines is 2. The minimum atomic E-state index is -0.375. The highest BCUT2D eigenvalue weighted by molar-refractivity contribution is 6.30. The summed E-state index contributed by atoms with van der Waals surface area (Å²) in [5, 5.41) is 3.50. The molecule has 27 heavy (non-hydrogen) atoms. The first-order chi connectivity index (χ1) is 13.1. The molecule has 0 aliphatic carbocycles. The molecule has 1 aliphatic rings. The standard InChI is InChI=1S/C19H21ClN4O3/c1-2-27-18(25)14-3-8-17(21-13-14)23-9-11-24(12-10-23)19(26)22-16-6-4-15(20)5-7-16/h3-8,13H,2,9-12H2,1H3,(H,22,26). The summed E-state index contributed by atoms with van der Waals surface area (Å²) in [5.74, 6) is 0.404. The van der Waals surface area contributed by atoms with E-state index >= 15 is 0 Å². The van der Waals surface area contributed by atoms with Crippen molar-refractivity contribution >= 4 is 35.1 Å². The van der Waals surface area contributed by atoms with Gasteiger partial charge in [-0.1, -0.05) is 11.6 Å². The number of nitrogens with zero attached hydrogens (tertiary/aromatic N) is 3. The Kier molecular flexibility index (Phi) is 6.13. The summed E-state index contributed by atoms with van der Waals surface area (Å²) in [6.07, 6.45) is 1.52. The Bertz CT molecular complexity index is 788. The third kappa shape index (κ3) is 4.89. The van der Waals surface area contributed by atoms with E-state index in [0.717, 1.165) is 5.82 Å². The lowest BCUT2D eigenvalue weighted by Gasteiger charge is -2.35. The Morgan fingerprint density at radius 2 is 1.81 bits per heavy atom. The maximum atomic E-state index is 12.4. The van der Waals surface area contributed by atoms with E-state index in [2.05, 4.69) is 15.2 Å². The van der Waals surface area contributed by atoms with Gasteiger partial charge < -0.3 is 19.9 Å². The van der Waals surface area contributed by atoms with Gasteiger partial charge in [0.15, 0.2) is 0 Å². The van der Waals surface area contributed by atoms with Gasteiger partial charge in [0.25, 0.3) is 0 Å². The largest absolute Gasteiger partial charge is 0.462 e. The number of ether oxygens (including phenoxy) is 1. The van der Waals surface area contributed by atoms with Crippen LogP contribution in [0.4, 0.5) is 16.3 Å².